The first-order valence-corrected chi connectivity index (χ1v) is 4.93. The van der Waals surface area contributed by atoms with Crippen molar-refractivity contribution in [3.63, 3.8) is 0 Å². The van der Waals surface area contributed by atoms with Crippen LogP contribution in [0.2, 0.25) is 0 Å². The molecule has 5 heteroatoms. The third-order valence-corrected chi connectivity index (χ3v) is 1.68. The maximum Gasteiger partial charge on any atom is 0.315 e. The van der Waals surface area contributed by atoms with Crippen LogP contribution in [-0.4, -0.2) is 43.5 Å². The Kier molecular flexibility index (Phi) is 8.27. The lowest BCUT2D eigenvalue weighted by Crippen LogP contribution is -2.42. The molecule has 0 fully saturated rings. The van der Waals surface area contributed by atoms with Crippen LogP contribution in [0.1, 0.15) is 20.3 Å². The molecule has 0 aliphatic carbocycles. The van der Waals surface area contributed by atoms with Crippen molar-refractivity contribution in [2.45, 2.75) is 26.3 Å². The minimum Gasteiger partial charge on any atom is -0.396 e. The van der Waals surface area contributed by atoms with Gasteiger partial charge in [-0.3, -0.25) is 0 Å². The second kappa shape index (κ2) is 8.77. The predicted molar refractivity (Wildman–Crippen MR) is 54.2 cm³/mol. The van der Waals surface area contributed by atoms with Gasteiger partial charge in [0, 0.05) is 25.8 Å². The molecule has 0 saturated carbocycles. The number of urea groups is 1. The monoisotopic (exact) mass is 204 g/mol. The Morgan fingerprint density at radius 1 is 1.57 bits per heavy atom. The average Bonchev–Trinajstić information content (AvgIpc) is 2.13. The SMILES string of the molecule is CCOCCNC(=O)N[C@H](C)CCO. The van der Waals surface area contributed by atoms with Gasteiger partial charge in [-0.25, -0.2) is 4.79 Å². The van der Waals surface area contributed by atoms with Crippen LogP contribution < -0.4 is 10.6 Å². The van der Waals surface area contributed by atoms with Gasteiger partial charge in [0.2, 0.25) is 0 Å². The molecule has 1 atom stereocenters. The quantitative estimate of drug-likeness (QED) is 0.515. The number of aliphatic hydroxyl groups excluding tert-OH is 1. The third kappa shape index (κ3) is 7.82. The summed E-state index contributed by atoms with van der Waals surface area (Å²) in [4.78, 5) is 11.1. The molecule has 0 aromatic rings. The summed E-state index contributed by atoms with van der Waals surface area (Å²) in [6.45, 7) is 5.52. The molecule has 0 aromatic carbocycles. The lowest BCUT2D eigenvalue weighted by atomic mass is 10.2. The summed E-state index contributed by atoms with van der Waals surface area (Å²) in [5.74, 6) is 0. The van der Waals surface area contributed by atoms with Gasteiger partial charge in [0.05, 0.1) is 6.61 Å². The van der Waals surface area contributed by atoms with Crippen molar-refractivity contribution in [2.24, 2.45) is 0 Å². The van der Waals surface area contributed by atoms with Gasteiger partial charge < -0.3 is 20.5 Å². The molecule has 0 saturated heterocycles. The fourth-order valence-corrected chi connectivity index (χ4v) is 0.922. The number of nitrogens with one attached hydrogen (secondary N) is 2. The summed E-state index contributed by atoms with van der Waals surface area (Å²) in [5.41, 5.74) is 0. The highest BCUT2D eigenvalue weighted by atomic mass is 16.5. The Hall–Kier alpha value is -0.810. The highest BCUT2D eigenvalue weighted by molar-refractivity contribution is 5.74. The van der Waals surface area contributed by atoms with Crippen LogP contribution in [-0.2, 0) is 4.74 Å². The first-order chi connectivity index (χ1) is 6.70. The molecule has 14 heavy (non-hydrogen) atoms. The molecule has 0 aromatic heterocycles. The molecule has 0 heterocycles. The van der Waals surface area contributed by atoms with E-state index in [1.807, 2.05) is 13.8 Å². The van der Waals surface area contributed by atoms with E-state index in [2.05, 4.69) is 10.6 Å². The van der Waals surface area contributed by atoms with Crippen LogP contribution in [0.25, 0.3) is 0 Å². The lowest BCUT2D eigenvalue weighted by Gasteiger charge is -2.13. The number of amides is 2. The van der Waals surface area contributed by atoms with Crippen LogP contribution in [0.15, 0.2) is 0 Å². The minimum absolute atomic E-state index is 0.00732. The highest BCUT2D eigenvalue weighted by Gasteiger charge is 2.04. The molecule has 5 nitrogen and oxygen atoms in total. The van der Waals surface area contributed by atoms with Crippen molar-refractivity contribution in [1.29, 1.82) is 0 Å². The summed E-state index contributed by atoms with van der Waals surface area (Å²) in [6.07, 6.45) is 0.568. The van der Waals surface area contributed by atoms with E-state index in [-0.39, 0.29) is 18.7 Å². The van der Waals surface area contributed by atoms with E-state index in [1.54, 1.807) is 0 Å². The van der Waals surface area contributed by atoms with Gasteiger partial charge in [-0.1, -0.05) is 0 Å². The molecule has 0 radical (unpaired) electrons. The van der Waals surface area contributed by atoms with Crippen molar-refractivity contribution in [2.75, 3.05) is 26.4 Å². The molecule has 84 valence electrons. The molecule has 3 N–H and O–H groups in total. The molecule has 2 amide bonds. The van der Waals surface area contributed by atoms with Gasteiger partial charge in [0.25, 0.3) is 0 Å². The van der Waals surface area contributed by atoms with Crippen LogP contribution in [0.4, 0.5) is 4.79 Å². The van der Waals surface area contributed by atoms with Gasteiger partial charge in [0.15, 0.2) is 0 Å². The third-order valence-electron chi connectivity index (χ3n) is 1.68. The Labute approximate surface area is 84.8 Å². The van der Waals surface area contributed by atoms with E-state index in [9.17, 15) is 4.79 Å². The van der Waals surface area contributed by atoms with Gasteiger partial charge in [0.1, 0.15) is 0 Å². The predicted octanol–water partition coefficient (Wildman–Crippen LogP) is 0.0930. The van der Waals surface area contributed by atoms with Gasteiger partial charge >= 0.3 is 6.03 Å². The normalized spacial score (nSPS) is 12.2. The van der Waals surface area contributed by atoms with Crippen molar-refractivity contribution in [3.8, 4) is 0 Å². The van der Waals surface area contributed by atoms with E-state index in [1.165, 1.54) is 0 Å². The van der Waals surface area contributed by atoms with E-state index in [0.29, 0.717) is 26.2 Å². The fourth-order valence-electron chi connectivity index (χ4n) is 0.922. The minimum atomic E-state index is -0.217. The number of carbonyl (C=O) groups excluding carboxylic acids is 1. The Bertz CT molecular complexity index is 153. The standard InChI is InChI=1S/C9H20N2O3/c1-3-14-7-5-10-9(13)11-8(2)4-6-12/h8,12H,3-7H2,1-2H3,(H2,10,11,13)/t8-/m1/s1. The molecule has 0 aliphatic rings. The molecular formula is C9H20N2O3. The van der Waals surface area contributed by atoms with Crippen molar-refractivity contribution < 1.29 is 14.6 Å². The summed E-state index contributed by atoms with van der Waals surface area (Å²) in [6, 6.07) is -0.224. The van der Waals surface area contributed by atoms with E-state index in [4.69, 9.17) is 9.84 Å². The first-order valence-electron chi connectivity index (χ1n) is 4.93. The van der Waals surface area contributed by atoms with Crippen molar-refractivity contribution in [3.05, 3.63) is 0 Å². The van der Waals surface area contributed by atoms with Crippen LogP contribution in [0, 0.1) is 0 Å². The number of hydrogen-bond donors (Lipinski definition) is 3. The van der Waals surface area contributed by atoms with E-state index >= 15 is 0 Å². The number of rotatable bonds is 7. The summed E-state index contributed by atoms with van der Waals surface area (Å²) < 4.78 is 5.05. The largest absolute Gasteiger partial charge is 0.396 e. The van der Waals surface area contributed by atoms with Crippen LogP contribution in [0.3, 0.4) is 0 Å². The Morgan fingerprint density at radius 2 is 2.29 bits per heavy atom. The molecule has 0 rings (SSSR count). The fraction of sp³-hybridized carbons (Fsp3) is 0.889. The van der Waals surface area contributed by atoms with Crippen LogP contribution >= 0.6 is 0 Å². The lowest BCUT2D eigenvalue weighted by molar-refractivity contribution is 0.149. The van der Waals surface area contributed by atoms with Crippen molar-refractivity contribution >= 4 is 6.03 Å². The number of aliphatic hydroxyl groups is 1. The average molecular weight is 204 g/mol. The molecule has 0 spiro atoms. The molecule has 0 bridgehead atoms. The van der Waals surface area contributed by atoms with E-state index in [0.717, 1.165) is 0 Å². The van der Waals surface area contributed by atoms with Crippen LogP contribution in [0.5, 0.6) is 0 Å². The zero-order valence-electron chi connectivity index (χ0n) is 8.88. The summed E-state index contributed by atoms with van der Waals surface area (Å²) >= 11 is 0. The molecular weight excluding hydrogens is 184 g/mol. The van der Waals surface area contributed by atoms with Gasteiger partial charge in [-0.2, -0.15) is 0 Å². The summed E-state index contributed by atoms with van der Waals surface area (Å²) in [7, 11) is 0. The second-order valence-corrected chi connectivity index (χ2v) is 3.01. The highest BCUT2D eigenvalue weighted by Crippen LogP contribution is 1.87. The topological polar surface area (TPSA) is 70.6 Å². The summed E-state index contributed by atoms with van der Waals surface area (Å²) in [5, 5.41) is 13.9. The zero-order valence-corrected chi connectivity index (χ0v) is 8.88. The maximum atomic E-state index is 11.1. The maximum absolute atomic E-state index is 11.1. The number of ether oxygens (including phenoxy) is 1. The first kappa shape index (κ1) is 13.2. The second-order valence-electron chi connectivity index (χ2n) is 3.01. The Balaban J connectivity index is 3.35. The Morgan fingerprint density at radius 3 is 2.86 bits per heavy atom. The number of carbonyl (C=O) groups is 1. The molecule has 0 aliphatic heterocycles. The smallest absolute Gasteiger partial charge is 0.315 e. The number of hydrogen-bond acceptors (Lipinski definition) is 3. The van der Waals surface area contributed by atoms with Gasteiger partial charge in [-0.05, 0) is 20.3 Å². The van der Waals surface area contributed by atoms with E-state index < -0.39 is 0 Å². The molecule has 0 unspecified atom stereocenters. The van der Waals surface area contributed by atoms with Crippen molar-refractivity contribution in [1.82, 2.24) is 10.6 Å². The van der Waals surface area contributed by atoms with Gasteiger partial charge in [-0.15, -0.1) is 0 Å². The zero-order chi connectivity index (χ0) is 10.8.